The molecule has 1 rings (SSSR count). The molecule has 0 unspecified atom stereocenters. The zero-order chi connectivity index (χ0) is 15.8. The summed E-state index contributed by atoms with van der Waals surface area (Å²) in [5.41, 5.74) is 1.94. The molecule has 2 amide bonds. The van der Waals surface area contributed by atoms with E-state index in [0.29, 0.717) is 13.1 Å². The molecule has 6 heteroatoms. The third-order valence-corrected chi connectivity index (χ3v) is 3.22. The Balaban J connectivity index is 2.36. The average Bonchev–Trinajstić information content (AvgIpc) is 2.50. The topological polar surface area (TPSA) is 61.9 Å². The second-order valence-corrected chi connectivity index (χ2v) is 4.86. The maximum Gasteiger partial charge on any atom is 0.409 e. The van der Waals surface area contributed by atoms with Gasteiger partial charge in [0.15, 0.2) is 0 Å². The van der Waals surface area contributed by atoms with Gasteiger partial charge in [0.2, 0.25) is 5.91 Å². The standard InChI is InChI=1S/C15H23N3O3/c1-12(19)17(3)9-10-18(4)15(20)21-11-13-5-7-14(16-2)8-6-13/h5-8,16H,9-11H2,1-4H3. The van der Waals surface area contributed by atoms with E-state index in [9.17, 15) is 9.59 Å². The van der Waals surface area contributed by atoms with Crippen molar-refractivity contribution in [2.45, 2.75) is 13.5 Å². The second-order valence-electron chi connectivity index (χ2n) is 4.86. The van der Waals surface area contributed by atoms with Crippen LogP contribution >= 0.6 is 0 Å². The molecule has 0 atom stereocenters. The first-order valence-electron chi connectivity index (χ1n) is 6.80. The molecule has 0 aliphatic rings. The maximum atomic E-state index is 11.8. The Morgan fingerprint density at radius 1 is 1.10 bits per heavy atom. The van der Waals surface area contributed by atoms with Crippen molar-refractivity contribution < 1.29 is 14.3 Å². The number of amides is 2. The molecule has 0 aliphatic carbocycles. The van der Waals surface area contributed by atoms with Crippen molar-refractivity contribution in [3.8, 4) is 0 Å². The Morgan fingerprint density at radius 3 is 2.19 bits per heavy atom. The van der Waals surface area contributed by atoms with Crippen molar-refractivity contribution in [3.05, 3.63) is 29.8 Å². The lowest BCUT2D eigenvalue weighted by molar-refractivity contribution is -0.127. The zero-order valence-electron chi connectivity index (χ0n) is 13.0. The molecule has 0 heterocycles. The molecule has 116 valence electrons. The summed E-state index contributed by atoms with van der Waals surface area (Å²) in [6.45, 7) is 2.65. The van der Waals surface area contributed by atoms with Crippen LogP contribution in [0.5, 0.6) is 0 Å². The molecule has 21 heavy (non-hydrogen) atoms. The molecule has 0 spiro atoms. The minimum atomic E-state index is -0.398. The molecule has 0 aliphatic heterocycles. The first-order chi connectivity index (χ1) is 9.93. The summed E-state index contributed by atoms with van der Waals surface area (Å²) in [7, 11) is 5.20. The van der Waals surface area contributed by atoms with Gasteiger partial charge in [-0.15, -0.1) is 0 Å². The Bertz CT molecular complexity index is 474. The quantitative estimate of drug-likeness (QED) is 0.868. The Hall–Kier alpha value is -2.24. The van der Waals surface area contributed by atoms with Gasteiger partial charge < -0.3 is 19.9 Å². The molecule has 0 fully saturated rings. The fourth-order valence-electron chi connectivity index (χ4n) is 1.57. The predicted molar refractivity (Wildman–Crippen MR) is 82.1 cm³/mol. The van der Waals surface area contributed by atoms with Crippen molar-refractivity contribution in [2.24, 2.45) is 0 Å². The highest BCUT2D eigenvalue weighted by Gasteiger charge is 2.11. The summed E-state index contributed by atoms with van der Waals surface area (Å²) in [6, 6.07) is 7.66. The monoisotopic (exact) mass is 293 g/mol. The predicted octanol–water partition coefficient (Wildman–Crippen LogP) is 1.77. The van der Waals surface area contributed by atoms with E-state index in [0.717, 1.165) is 11.3 Å². The number of rotatable bonds is 6. The number of carbonyl (C=O) groups excluding carboxylic acids is 2. The van der Waals surface area contributed by atoms with Crippen molar-refractivity contribution in [2.75, 3.05) is 39.5 Å². The fourth-order valence-corrected chi connectivity index (χ4v) is 1.57. The van der Waals surface area contributed by atoms with Crippen LogP contribution in [0, 0.1) is 0 Å². The van der Waals surface area contributed by atoms with E-state index in [1.54, 1.807) is 19.0 Å². The highest BCUT2D eigenvalue weighted by Crippen LogP contribution is 2.09. The summed E-state index contributed by atoms with van der Waals surface area (Å²) in [6.07, 6.45) is -0.398. The molecular formula is C15H23N3O3. The van der Waals surface area contributed by atoms with Crippen LogP contribution in [0.15, 0.2) is 24.3 Å². The summed E-state index contributed by atoms with van der Waals surface area (Å²) >= 11 is 0. The molecule has 1 aromatic rings. The summed E-state index contributed by atoms with van der Waals surface area (Å²) < 4.78 is 5.22. The van der Waals surface area contributed by atoms with Crippen LogP contribution in [-0.2, 0) is 16.1 Å². The minimum absolute atomic E-state index is 0.0265. The van der Waals surface area contributed by atoms with Crippen molar-refractivity contribution >= 4 is 17.7 Å². The number of likely N-dealkylation sites (N-methyl/N-ethyl adjacent to an activating group) is 2. The lowest BCUT2D eigenvalue weighted by atomic mass is 10.2. The van der Waals surface area contributed by atoms with Gasteiger partial charge in [0, 0.05) is 46.8 Å². The SMILES string of the molecule is CNc1ccc(COC(=O)N(C)CCN(C)C(C)=O)cc1. The zero-order valence-corrected chi connectivity index (χ0v) is 13.0. The van der Waals surface area contributed by atoms with Crippen LogP contribution in [0.3, 0.4) is 0 Å². The second kappa shape index (κ2) is 8.14. The lowest BCUT2D eigenvalue weighted by Crippen LogP contribution is -2.36. The number of ether oxygens (including phenoxy) is 1. The van der Waals surface area contributed by atoms with E-state index in [1.165, 1.54) is 11.8 Å². The molecule has 0 bridgehead atoms. The number of nitrogens with one attached hydrogen (secondary N) is 1. The third-order valence-electron chi connectivity index (χ3n) is 3.22. The largest absolute Gasteiger partial charge is 0.445 e. The minimum Gasteiger partial charge on any atom is -0.445 e. The van der Waals surface area contributed by atoms with Gasteiger partial charge in [-0.2, -0.15) is 0 Å². The molecule has 0 saturated heterocycles. The molecule has 0 radical (unpaired) electrons. The third kappa shape index (κ3) is 5.72. The smallest absolute Gasteiger partial charge is 0.409 e. The maximum absolute atomic E-state index is 11.8. The molecular weight excluding hydrogens is 270 g/mol. The van der Waals surface area contributed by atoms with Crippen molar-refractivity contribution in [1.82, 2.24) is 9.80 Å². The van der Waals surface area contributed by atoms with Gasteiger partial charge in [-0.05, 0) is 17.7 Å². The van der Waals surface area contributed by atoms with Crippen molar-refractivity contribution in [1.29, 1.82) is 0 Å². The number of anilines is 1. The van der Waals surface area contributed by atoms with E-state index < -0.39 is 6.09 Å². The highest BCUT2D eigenvalue weighted by molar-refractivity contribution is 5.73. The Labute approximate surface area is 125 Å². The number of hydrogen-bond acceptors (Lipinski definition) is 4. The summed E-state index contributed by atoms with van der Waals surface area (Å²) in [5.74, 6) is -0.0265. The van der Waals surface area contributed by atoms with Gasteiger partial charge in [0.1, 0.15) is 6.61 Å². The average molecular weight is 293 g/mol. The number of carbonyl (C=O) groups is 2. The van der Waals surface area contributed by atoms with Gasteiger partial charge in [0.05, 0.1) is 0 Å². The number of nitrogens with zero attached hydrogens (tertiary/aromatic N) is 2. The van der Waals surface area contributed by atoms with Crippen LogP contribution in [0.1, 0.15) is 12.5 Å². The van der Waals surface area contributed by atoms with E-state index >= 15 is 0 Å². The Kier molecular flexibility index (Phi) is 6.52. The lowest BCUT2D eigenvalue weighted by Gasteiger charge is -2.21. The molecule has 0 aromatic heterocycles. The first kappa shape index (κ1) is 16.8. The Morgan fingerprint density at radius 2 is 1.67 bits per heavy atom. The summed E-state index contributed by atoms with van der Waals surface area (Å²) in [5, 5.41) is 3.03. The first-order valence-corrected chi connectivity index (χ1v) is 6.80. The van der Waals surface area contributed by atoms with Gasteiger partial charge in [0.25, 0.3) is 0 Å². The molecule has 1 N–H and O–H groups in total. The molecule has 6 nitrogen and oxygen atoms in total. The van der Waals surface area contributed by atoms with Crippen LogP contribution in [0.4, 0.5) is 10.5 Å². The highest BCUT2D eigenvalue weighted by atomic mass is 16.6. The molecule has 0 saturated carbocycles. The van der Waals surface area contributed by atoms with Crippen molar-refractivity contribution in [3.63, 3.8) is 0 Å². The van der Waals surface area contributed by atoms with Gasteiger partial charge in [-0.25, -0.2) is 4.79 Å². The van der Waals surface area contributed by atoms with Crippen LogP contribution in [-0.4, -0.2) is 56.0 Å². The van der Waals surface area contributed by atoms with Gasteiger partial charge in [-0.1, -0.05) is 12.1 Å². The van der Waals surface area contributed by atoms with Crippen LogP contribution < -0.4 is 5.32 Å². The van der Waals surface area contributed by atoms with E-state index in [-0.39, 0.29) is 12.5 Å². The van der Waals surface area contributed by atoms with Crippen LogP contribution in [0.25, 0.3) is 0 Å². The van der Waals surface area contributed by atoms with E-state index in [2.05, 4.69) is 5.32 Å². The molecule has 1 aromatic carbocycles. The fraction of sp³-hybridized carbons (Fsp3) is 0.467. The number of hydrogen-bond donors (Lipinski definition) is 1. The van der Waals surface area contributed by atoms with E-state index in [4.69, 9.17) is 4.74 Å². The number of benzene rings is 1. The van der Waals surface area contributed by atoms with Crippen LogP contribution in [0.2, 0.25) is 0 Å². The van der Waals surface area contributed by atoms with Gasteiger partial charge in [-0.3, -0.25) is 4.79 Å². The van der Waals surface area contributed by atoms with Gasteiger partial charge >= 0.3 is 6.09 Å². The normalized spacial score (nSPS) is 9.90. The van der Waals surface area contributed by atoms with E-state index in [1.807, 2.05) is 31.3 Å². The summed E-state index contributed by atoms with van der Waals surface area (Å²) in [4.78, 5) is 25.9.